The average Bonchev–Trinajstić information content (AvgIpc) is 3.25. The van der Waals surface area contributed by atoms with Crippen LogP contribution in [0.15, 0.2) is 52.3 Å². The van der Waals surface area contributed by atoms with Crippen LogP contribution in [0, 0.1) is 5.82 Å². The van der Waals surface area contributed by atoms with Gasteiger partial charge in [0.25, 0.3) is 0 Å². The fourth-order valence-electron chi connectivity index (χ4n) is 3.66. The number of benzene rings is 2. The number of rotatable bonds is 5. The number of halogens is 1. The van der Waals surface area contributed by atoms with E-state index < -0.39 is 21.7 Å². The second-order valence-corrected chi connectivity index (χ2v) is 10.4. The number of para-hydroxylation sites is 1. The van der Waals surface area contributed by atoms with Crippen LogP contribution < -0.4 is 10.2 Å². The van der Waals surface area contributed by atoms with Gasteiger partial charge in [-0.15, -0.1) is 11.8 Å². The lowest BCUT2D eigenvalue weighted by Gasteiger charge is -2.24. The number of carbonyl (C=O) groups excluding carboxylic acids is 2. The number of hydrogen-bond donors (Lipinski definition) is 1. The van der Waals surface area contributed by atoms with Crippen molar-refractivity contribution in [2.75, 3.05) is 35.6 Å². The van der Waals surface area contributed by atoms with Gasteiger partial charge in [-0.2, -0.15) is 4.31 Å². The van der Waals surface area contributed by atoms with Crippen LogP contribution in [0.3, 0.4) is 0 Å². The van der Waals surface area contributed by atoms with Crippen LogP contribution in [0.5, 0.6) is 0 Å². The predicted octanol–water partition coefficient (Wildman–Crippen LogP) is 3.08. The Morgan fingerprint density at radius 1 is 1.13 bits per heavy atom. The van der Waals surface area contributed by atoms with Gasteiger partial charge in [0.15, 0.2) is 0 Å². The second kappa shape index (κ2) is 8.97. The molecule has 0 bridgehead atoms. The minimum atomic E-state index is -3.67. The molecular formula is C21H22FN3O4S2. The van der Waals surface area contributed by atoms with Gasteiger partial charge in [0, 0.05) is 30.2 Å². The number of fused-ring (bicyclic) bond motifs is 1. The lowest BCUT2D eigenvalue weighted by atomic mass is 10.2. The monoisotopic (exact) mass is 463 g/mol. The van der Waals surface area contributed by atoms with E-state index >= 15 is 0 Å². The molecule has 2 heterocycles. The molecule has 0 unspecified atom stereocenters. The summed E-state index contributed by atoms with van der Waals surface area (Å²) in [6.45, 7) is 0.609. The highest BCUT2D eigenvalue weighted by Crippen LogP contribution is 2.37. The number of carbonyl (C=O) groups is 2. The molecule has 2 amide bonds. The molecule has 1 fully saturated rings. The van der Waals surface area contributed by atoms with Gasteiger partial charge in [-0.05, 0) is 43.2 Å². The second-order valence-electron chi connectivity index (χ2n) is 7.35. The Labute approximate surface area is 184 Å². The Morgan fingerprint density at radius 2 is 1.87 bits per heavy atom. The Balaban J connectivity index is 1.63. The van der Waals surface area contributed by atoms with Gasteiger partial charge >= 0.3 is 0 Å². The van der Waals surface area contributed by atoms with Crippen molar-refractivity contribution in [1.29, 1.82) is 0 Å². The minimum Gasteiger partial charge on any atom is -0.322 e. The summed E-state index contributed by atoms with van der Waals surface area (Å²) in [5.74, 6) is -0.905. The van der Waals surface area contributed by atoms with E-state index in [2.05, 4.69) is 5.32 Å². The number of thioether (sulfide) groups is 1. The van der Waals surface area contributed by atoms with Crippen LogP contribution in [0.1, 0.15) is 19.3 Å². The molecule has 0 atom stereocenters. The molecule has 0 saturated carbocycles. The SMILES string of the molecule is O=C(CN1C(=O)CCSc2ccc(S(=O)(=O)N3CCCC3)cc21)Nc1ccccc1F. The predicted molar refractivity (Wildman–Crippen MR) is 117 cm³/mol. The molecule has 2 aliphatic heterocycles. The van der Waals surface area contributed by atoms with E-state index in [1.165, 1.54) is 45.2 Å². The summed E-state index contributed by atoms with van der Waals surface area (Å²) in [4.78, 5) is 27.4. The zero-order valence-corrected chi connectivity index (χ0v) is 18.3. The number of nitrogens with one attached hydrogen (secondary N) is 1. The van der Waals surface area contributed by atoms with Crippen molar-refractivity contribution < 1.29 is 22.4 Å². The fourth-order valence-corrected chi connectivity index (χ4v) is 6.17. The van der Waals surface area contributed by atoms with E-state index in [0.29, 0.717) is 24.5 Å². The van der Waals surface area contributed by atoms with Crippen molar-refractivity contribution in [3.05, 3.63) is 48.3 Å². The lowest BCUT2D eigenvalue weighted by Crippen LogP contribution is -2.38. The van der Waals surface area contributed by atoms with Crippen LogP contribution in [0.2, 0.25) is 0 Å². The van der Waals surface area contributed by atoms with Crippen molar-refractivity contribution >= 4 is 45.0 Å². The Hall–Kier alpha value is -2.43. The summed E-state index contributed by atoms with van der Waals surface area (Å²) < 4.78 is 41.3. The molecule has 0 radical (unpaired) electrons. The van der Waals surface area contributed by atoms with Gasteiger partial charge < -0.3 is 10.2 Å². The van der Waals surface area contributed by atoms with Crippen molar-refractivity contribution in [1.82, 2.24) is 4.31 Å². The van der Waals surface area contributed by atoms with Gasteiger partial charge in [0.1, 0.15) is 12.4 Å². The summed E-state index contributed by atoms with van der Waals surface area (Å²) in [6, 6.07) is 10.5. The van der Waals surface area contributed by atoms with E-state index in [1.54, 1.807) is 18.2 Å². The minimum absolute atomic E-state index is 0.0229. The zero-order chi connectivity index (χ0) is 22.0. The Kier molecular flexibility index (Phi) is 6.31. The van der Waals surface area contributed by atoms with Crippen molar-refractivity contribution in [2.24, 2.45) is 0 Å². The first kappa shape index (κ1) is 21.8. The number of amides is 2. The van der Waals surface area contributed by atoms with Gasteiger partial charge in [-0.1, -0.05) is 12.1 Å². The molecule has 2 aromatic rings. The molecule has 31 heavy (non-hydrogen) atoms. The molecule has 10 heteroatoms. The maximum atomic E-state index is 13.9. The van der Waals surface area contributed by atoms with E-state index in [1.807, 2.05) is 0 Å². The Bertz CT molecular complexity index is 1120. The molecule has 4 rings (SSSR count). The van der Waals surface area contributed by atoms with E-state index in [-0.39, 0.29) is 29.5 Å². The lowest BCUT2D eigenvalue weighted by molar-refractivity contribution is -0.121. The number of sulfonamides is 1. The first-order valence-corrected chi connectivity index (χ1v) is 12.4. The third-order valence-corrected chi connectivity index (χ3v) is 8.21. The average molecular weight is 464 g/mol. The molecule has 7 nitrogen and oxygen atoms in total. The summed E-state index contributed by atoms with van der Waals surface area (Å²) in [6.07, 6.45) is 1.85. The number of hydrogen-bond acceptors (Lipinski definition) is 5. The number of nitrogens with zero attached hydrogens (tertiary/aromatic N) is 2. The smallest absolute Gasteiger partial charge is 0.244 e. The maximum absolute atomic E-state index is 13.9. The van der Waals surface area contributed by atoms with Gasteiger partial charge in [0.05, 0.1) is 16.3 Å². The molecule has 0 spiro atoms. The van der Waals surface area contributed by atoms with Gasteiger partial charge in [-0.3, -0.25) is 9.59 Å². The summed E-state index contributed by atoms with van der Waals surface area (Å²) in [5.41, 5.74) is 0.409. The molecule has 0 aromatic heterocycles. The van der Waals surface area contributed by atoms with Crippen molar-refractivity contribution in [2.45, 2.75) is 29.1 Å². The molecule has 2 aliphatic rings. The standard InChI is InChI=1S/C21H22FN3O4S2/c22-16-5-1-2-6-17(16)23-20(26)14-25-18-13-15(31(28,29)24-10-3-4-11-24)7-8-19(18)30-12-9-21(25)27/h1-2,5-8,13H,3-4,9-12,14H2,(H,23,26). The summed E-state index contributed by atoms with van der Waals surface area (Å²) in [7, 11) is -3.67. The summed E-state index contributed by atoms with van der Waals surface area (Å²) >= 11 is 1.44. The highest BCUT2D eigenvalue weighted by Gasteiger charge is 2.31. The Morgan fingerprint density at radius 3 is 2.61 bits per heavy atom. The van der Waals surface area contributed by atoms with E-state index in [4.69, 9.17) is 0 Å². The zero-order valence-electron chi connectivity index (χ0n) is 16.7. The van der Waals surface area contributed by atoms with Crippen LogP contribution in [0.25, 0.3) is 0 Å². The van der Waals surface area contributed by atoms with Gasteiger partial charge in [0.2, 0.25) is 21.8 Å². The molecule has 1 saturated heterocycles. The van der Waals surface area contributed by atoms with Gasteiger partial charge in [-0.25, -0.2) is 12.8 Å². The van der Waals surface area contributed by atoms with Crippen LogP contribution in [-0.2, 0) is 19.6 Å². The van der Waals surface area contributed by atoms with Crippen LogP contribution in [0.4, 0.5) is 15.8 Å². The maximum Gasteiger partial charge on any atom is 0.244 e. The highest BCUT2D eigenvalue weighted by atomic mass is 32.2. The molecule has 164 valence electrons. The van der Waals surface area contributed by atoms with Crippen LogP contribution >= 0.6 is 11.8 Å². The molecular weight excluding hydrogens is 441 g/mol. The molecule has 0 aliphatic carbocycles. The van der Waals surface area contributed by atoms with Crippen LogP contribution in [-0.4, -0.2) is 49.9 Å². The van der Waals surface area contributed by atoms with Crippen molar-refractivity contribution in [3.63, 3.8) is 0 Å². The summed E-state index contributed by atoms with van der Waals surface area (Å²) in [5, 5.41) is 2.48. The van der Waals surface area contributed by atoms with E-state index in [0.717, 1.165) is 17.7 Å². The van der Waals surface area contributed by atoms with Crippen molar-refractivity contribution in [3.8, 4) is 0 Å². The topological polar surface area (TPSA) is 86.8 Å². The third kappa shape index (κ3) is 4.60. The van der Waals surface area contributed by atoms with E-state index in [9.17, 15) is 22.4 Å². The first-order chi connectivity index (χ1) is 14.9. The highest BCUT2D eigenvalue weighted by molar-refractivity contribution is 7.99. The third-order valence-electron chi connectivity index (χ3n) is 5.25. The number of anilines is 2. The largest absolute Gasteiger partial charge is 0.322 e. The fraction of sp³-hybridized carbons (Fsp3) is 0.333. The molecule has 2 aromatic carbocycles. The normalized spacial score (nSPS) is 17.3. The first-order valence-electron chi connectivity index (χ1n) is 9.98. The molecule has 1 N–H and O–H groups in total. The quantitative estimate of drug-likeness (QED) is 0.737.